The normalized spacial score (nSPS) is 19.7. The van der Waals surface area contributed by atoms with Gasteiger partial charge in [0.25, 0.3) is 0 Å². The highest BCUT2D eigenvalue weighted by Crippen LogP contribution is 2.12. The first-order valence-electron chi connectivity index (χ1n) is 5.54. The molecule has 0 aromatic carbocycles. The van der Waals surface area contributed by atoms with Gasteiger partial charge in [-0.05, 0) is 12.8 Å². The molecule has 1 aromatic heterocycles. The van der Waals surface area contributed by atoms with Gasteiger partial charge >= 0.3 is 5.97 Å². The number of ether oxygens (including phenoxy) is 2. The number of methoxy groups -OCH3 is 1. The van der Waals surface area contributed by atoms with E-state index in [2.05, 4.69) is 20.0 Å². The molecule has 1 atom stereocenters. The van der Waals surface area contributed by atoms with Crippen LogP contribution in [0.15, 0.2) is 12.4 Å². The summed E-state index contributed by atoms with van der Waals surface area (Å²) in [5.41, 5.74) is 0.203. The predicted molar refractivity (Wildman–Crippen MR) is 60.8 cm³/mol. The number of hydrogen-bond acceptors (Lipinski definition) is 6. The third-order valence-electron chi connectivity index (χ3n) is 2.54. The Balaban J connectivity index is 2.02. The maximum Gasteiger partial charge on any atom is 0.358 e. The van der Waals surface area contributed by atoms with Crippen LogP contribution in [0, 0.1) is 0 Å². The number of nitrogens with one attached hydrogen (secondary N) is 1. The Morgan fingerprint density at radius 2 is 2.47 bits per heavy atom. The lowest BCUT2D eigenvalue weighted by Crippen LogP contribution is -2.30. The predicted octanol–water partition coefficient (Wildman–Crippen LogP) is 0.854. The van der Waals surface area contributed by atoms with Crippen LogP contribution in [0.4, 0.5) is 5.82 Å². The van der Waals surface area contributed by atoms with E-state index in [4.69, 9.17) is 4.74 Å². The molecule has 2 heterocycles. The van der Waals surface area contributed by atoms with Crippen LogP contribution in [0.1, 0.15) is 23.3 Å². The summed E-state index contributed by atoms with van der Waals surface area (Å²) in [5, 5.41) is 3.19. The van der Waals surface area contributed by atoms with Crippen LogP contribution in [0.2, 0.25) is 0 Å². The Morgan fingerprint density at radius 1 is 1.59 bits per heavy atom. The zero-order valence-corrected chi connectivity index (χ0v) is 9.68. The average Bonchev–Trinajstić information content (AvgIpc) is 2.39. The number of carbonyl (C=O) groups excluding carboxylic acids is 1. The second-order valence-electron chi connectivity index (χ2n) is 3.84. The van der Waals surface area contributed by atoms with Gasteiger partial charge in [0.05, 0.1) is 32.2 Å². The lowest BCUT2D eigenvalue weighted by atomic mass is 10.1. The Morgan fingerprint density at radius 3 is 3.18 bits per heavy atom. The van der Waals surface area contributed by atoms with Crippen molar-refractivity contribution in [3.05, 3.63) is 18.1 Å². The van der Waals surface area contributed by atoms with Crippen LogP contribution >= 0.6 is 0 Å². The van der Waals surface area contributed by atoms with Crippen LogP contribution in [0.5, 0.6) is 0 Å². The molecule has 0 bridgehead atoms. The quantitative estimate of drug-likeness (QED) is 0.786. The van der Waals surface area contributed by atoms with Gasteiger partial charge in [-0.25, -0.2) is 9.78 Å². The first-order chi connectivity index (χ1) is 8.29. The van der Waals surface area contributed by atoms with Gasteiger partial charge in [-0.2, -0.15) is 0 Å². The fraction of sp³-hybridized carbons (Fsp3) is 0.545. The third kappa shape index (κ3) is 3.13. The average molecular weight is 237 g/mol. The molecule has 0 radical (unpaired) electrons. The van der Waals surface area contributed by atoms with Crippen molar-refractivity contribution in [2.75, 3.05) is 25.6 Å². The SMILES string of the molecule is COC(=O)c1cncc(NC2CCCOC2)n1. The lowest BCUT2D eigenvalue weighted by molar-refractivity contribution is 0.0593. The molecule has 0 spiro atoms. The Hall–Kier alpha value is -1.69. The Labute approximate surface area is 99.4 Å². The molecule has 1 aliphatic rings. The maximum absolute atomic E-state index is 11.3. The number of rotatable bonds is 3. The number of esters is 1. The second kappa shape index (κ2) is 5.58. The van der Waals surface area contributed by atoms with E-state index >= 15 is 0 Å². The van der Waals surface area contributed by atoms with E-state index in [1.165, 1.54) is 13.3 Å². The molecular weight excluding hydrogens is 222 g/mol. The van der Waals surface area contributed by atoms with Crippen molar-refractivity contribution >= 4 is 11.8 Å². The zero-order chi connectivity index (χ0) is 12.1. The van der Waals surface area contributed by atoms with E-state index in [9.17, 15) is 4.79 Å². The molecule has 1 saturated heterocycles. The van der Waals surface area contributed by atoms with Crippen LogP contribution in [0.3, 0.4) is 0 Å². The van der Waals surface area contributed by atoms with Gasteiger partial charge in [-0.15, -0.1) is 0 Å². The Bertz CT molecular complexity index is 391. The number of hydrogen-bond donors (Lipinski definition) is 1. The molecule has 2 rings (SSSR count). The number of nitrogens with zero attached hydrogens (tertiary/aromatic N) is 2. The summed E-state index contributed by atoms with van der Waals surface area (Å²) < 4.78 is 9.94. The highest BCUT2D eigenvalue weighted by atomic mass is 16.5. The van der Waals surface area contributed by atoms with Gasteiger partial charge in [0.1, 0.15) is 5.82 Å². The van der Waals surface area contributed by atoms with Crippen LogP contribution in [-0.4, -0.2) is 42.3 Å². The molecule has 1 fully saturated rings. The summed E-state index contributed by atoms with van der Waals surface area (Å²) in [6.45, 7) is 1.47. The van der Waals surface area contributed by atoms with Crippen molar-refractivity contribution in [3.8, 4) is 0 Å². The molecule has 0 aliphatic carbocycles. The van der Waals surface area contributed by atoms with Crippen molar-refractivity contribution in [1.82, 2.24) is 9.97 Å². The van der Waals surface area contributed by atoms with Crippen molar-refractivity contribution in [2.24, 2.45) is 0 Å². The molecule has 6 heteroatoms. The summed E-state index contributed by atoms with van der Waals surface area (Å²) in [4.78, 5) is 19.4. The fourth-order valence-corrected chi connectivity index (χ4v) is 1.70. The van der Waals surface area contributed by atoms with Gasteiger partial charge in [0, 0.05) is 6.61 Å². The van der Waals surface area contributed by atoms with Crippen molar-refractivity contribution in [1.29, 1.82) is 0 Å². The number of carbonyl (C=O) groups is 1. The minimum absolute atomic E-state index is 0.203. The highest BCUT2D eigenvalue weighted by molar-refractivity contribution is 5.87. The third-order valence-corrected chi connectivity index (χ3v) is 2.54. The smallest absolute Gasteiger partial charge is 0.358 e. The minimum atomic E-state index is -0.485. The lowest BCUT2D eigenvalue weighted by Gasteiger charge is -2.23. The van der Waals surface area contributed by atoms with Crippen LogP contribution < -0.4 is 5.32 Å². The van der Waals surface area contributed by atoms with Gasteiger partial charge in [0.2, 0.25) is 0 Å². The fourth-order valence-electron chi connectivity index (χ4n) is 1.70. The standard InChI is InChI=1S/C11H15N3O3/c1-16-11(15)9-5-12-6-10(14-9)13-8-3-2-4-17-7-8/h5-6,8H,2-4,7H2,1H3,(H,13,14). The summed E-state index contributed by atoms with van der Waals surface area (Å²) in [7, 11) is 1.32. The summed E-state index contributed by atoms with van der Waals surface area (Å²) in [6, 6.07) is 0.228. The van der Waals surface area contributed by atoms with Crippen LogP contribution in [0.25, 0.3) is 0 Å². The van der Waals surface area contributed by atoms with Gasteiger partial charge in [0.15, 0.2) is 5.69 Å². The number of aromatic nitrogens is 2. The minimum Gasteiger partial charge on any atom is -0.464 e. The van der Waals surface area contributed by atoms with E-state index in [1.54, 1.807) is 6.20 Å². The van der Waals surface area contributed by atoms with Crippen molar-refractivity contribution < 1.29 is 14.3 Å². The molecule has 6 nitrogen and oxygen atoms in total. The first-order valence-corrected chi connectivity index (χ1v) is 5.54. The van der Waals surface area contributed by atoms with Crippen molar-refractivity contribution in [2.45, 2.75) is 18.9 Å². The summed E-state index contributed by atoms with van der Waals surface area (Å²) >= 11 is 0. The second-order valence-corrected chi connectivity index (χ2v) is 3.84. The Kier molecular flexibility index (Phi) is 3.87. The number of anilines is 1. The van der Waals surface area contributed by atoms with Crippen LogP contribution in [-0.2, 0) is 9.47 Å². The van der Waals surface area contributed by atoms with E-state index in [-0.39, 0.29) is 11.7 Å². The molecule has 92 valence electrons. The zero-order valence-electron chi connectivity index (χ0n) is 9.68. The monoisotopic (exact) mass is 237 g/mol. The van der Waals surface area contributed by atoms with E-state index in [0.717, 1.165) is 19.4 Å². The van der Waals surface area contributed by atoms with E-state index < -0.39 is 5.97 Å². The molecule has 0 amide bonds. The summed E-state index contributed by atoms with van der Waals surface area (Å²) in [6.07, 6.45) is 5.03. The van der Waals surface area contributed by atoms with E-state index in [1.807, 2.05) is 0 Å². The molecule has 17 heavy (non-hydrogen) atoms. The molecule has 1 unspecified atom stereocenters. The van der Waals surface area contributed by atoms with Crippen molar-refractivity contribution in [3.63, 3.8) is 0 Å². The summed E-state index contributed by atoms with van der Waals surface area (Å²) in [5.74, 6) is 0.0874. The maximum atomic E-state index is 11.3. The topological polar surface area (TPSA) is 73.3 Å². The largest absolute Gasteiger partial charge is 0.464 e. The van der Waals surface area contributed by atoms with Gasteiger partial charge in [-0.3, -0.25) is 4.98 Å². The highest BCUT2D eigenvalue weighted by Gasteiger charge is 2.15. The molecule has 0 saturated carbocycles. The van der Waals surface area contributed by atoms with E-state index in [0.29, 0.717) is 12.4 Å². The first kappa shape index (κ1) is 11.8. The van der Waals surface area contributed by atoms with Gasteiger partial charge < -0.3 is 14.8 Å². The molecule has 1 N–H and O–H groups in total. The molecule has 1 aliphatic heterocycles. The molecular formula is C11H15N3O3. The van der Waals surface area contributed by atoms with Gasteiger partial charge in [-0.1, -0.05) is 0 Å². The molecule has 1 aromatic rings.